The number of anilines is 2. The van der Waals surface area contributed by atoms with Crippen LogP contribution < -0.4 is 9.96 Å². The maximum absolute atomic E-state index is 13.2. The minimum atomic E-state index is -0.790. The molecule has 0 unspecified atom stereocenters. The molecule has 1 spiro atoms. The quantitative estimate of drug-likeness (QED) is 0.629. The normalized spacial score (nSPS) is 23.9. The summed E-state index contributed by atoms with van der Waals surface area (Å²) in [6, 6.07) is 28.4. The minimum absolute atomic E-state index is 0.00715. The van der Waals surface area contributed by atoms with Gasteiger partial charge in [0.15, 0.2) is 5.60 Å². The molecule has 0 saturated carbocycles. The summed E-state index contributed by atoms with van der Waals surface area (Å²) in [4.78, 5) is 21.4. The summed E-state index contributed by atoms with van der Waals surface area (Å²) >= 11 is 0. The third-order valence-electron chi connectivity index (χ3n) is 5.67. The first kappa shape index (κ1) is 17.0. The Bertz CT molecular complexity index is 939. The molecule has 0 N–H and O–H groups in total. The Morgan fingerprint density at radius 1 is 0.857 bits per heavy atom. The van der Waals surface area contributed by atoms with Crippen molar-refractivity contribution in [2.24, 2.45) is 0 Å². The number of benzene rings is 3. The molecule has 0 radical (unpaired) electrons. The molecule has 3 aromatic rings. The summed E-state index contributed by atoms with van der Waals surface area (Å²) in [6.07, 6.45) is 0.646. The van der Waals surface area contributed by atoms with Crippen molar-refractivity contribution >= 4 is 17.3 Å². The third kappa shape index (κ3) is 2.69. The lowest BCUT2D eigenvalue weighted by atomic mass is 9.84. The number of β-lactam (4-membered cyclic amide) rings is 1. The molecule has 3 aromatic carbocycles. The van der Waals surface area contributed by atoms with Crippen LogP contribution in [0.1, 0.15) is 23.6 Å². The van der Waals surface area contributed by atoms with E-state index in [1.165, 1.54) is 5.56 Å². The standard InChI is InChI=1S/C24H22N2O2/c1-18-12-14-20(15-13-18)25-17-24(23(25)27)16-22(19-8-4-2-5-9-19)26(28-24)21-10-6-3-7-11-21/h2-15,22H,16-17H2,1H3/t22-,24-/m0/s1. The molecule has 4 nitrogen and oxygen atoms in total. The molecule has 2 saturated heterocycles. The van der Waals surface area contributed by atoms with Crippen LogP contribution in [0.5, 0.6) is 0 Å². The van der Waals surface area contributed by atoms with E-state index in [4.69, 9.17) is 4.84 Å². The van der Waals surface area contributed by atoms with E-state index >= 15 is 0 Å². The number of hydroxylamine groups is 1. The monoisotopic (exact) mass is 370 g/mol. The average Bonchev–Trinajstić information content (AvgIpc) is 3.17. The van der Waals surface area contributed by atoms with E-state index in [-0.39, 0.29) is 11.9 Å². The summed E-state index contributed by atoms with van der Waals surface area (Å²) in [5.41, 5.74) is 3.45. The number of nitrogens with zero attached hydrogens (tertiary/aromatic N) is 2. The van der Waals surface area contributed by atoms with Gasteiger partial charge in [-0.05, 0) is 36.8 Å². The summed E-state index contributed by atoms with van der Waals surface area (Å²) in [5.74, 6) is 0.0377. The second-order valence-corrected chi connectivity index (χ2v) is 7.60. The van der Waals surface area contributed by atoms with Crippen LogP contribution in [0.15, 0.2) is 84.9 Å². The van der Waals surface area contributed by atoms with Crippen LogP contribution in [-0.2, 0) is 9.63 Å². The summed E-state index contributed by atoms with van der Waals surface area (Å²) in [6.45, 7) is 2.62. The van der Waals surface area contributed by atoms with Crippen LogP contribution in [0.25, 0.3) is 0 Å². The molecule has 5 rings (SSSR count). The average molecular weight is 370 g/mol. The highest BCUT2D eigenvalue weighted by molar-refractivity contribution is 6.07. The van der Waals surface area contributed by atoms with Crippen LogP contribution in [0.4, 0.5) is 11.4 Å². The Morgan fingerprint density at radius 3 is 2.14 bits per heavy atom. The van der Waals surface area contributed by atoms with E-state index in [9.17, 15) is 4.79 Å². The van der Waals surface area contributed by atoms with Gasteiger partial charge in [0.1, 0.15) is 0 Å². The molecular formula is C24H22N2O2. The molecule has 2 aliphatic heterocycles. The lowest BCUT2D eigenvalue weighted by molar-refractivity contribution is -0.149. The van der Waals surface area contributed by atoms with Gasteiger partial charge < -0.3 is 4.90 Å². The van der Waals surface area contributed by atoms with E-state index in [1.807, 2.05) is 89.7 Å². The van der Waals surface area contributed by atoms with Gasteiger partial charge in [0, 0.05) is 12.1 Å². The molecule has 140 valence electrons. The summed E-state index contributed by atoms with van der Waals surface area (Å²) in [7, 11) is 0. The number of aryl methyl sites for hydroxylation is 1. The van der Waals surface area contributed by atoms with Gasteiger partial charge in [0.25, 0.3) is 5.91 Å². The molecule has 0 aromatic heterocycles. The molecule has 0 aliphatic carbocycles. The van der Waals surface area contributed by atoms with Gasteiger partial charge in [-0.1, -0.05) is 66.2 Å². The Labute approximate surface area is 164 Å². The van der Waals surface area contributed by atoms with E-state index in [0.29, 0.717) is 13.0 Å². The first-order valence-corrected chi connectivity index (χ1v) is 9.63. The predicted octanol–water partition coefficient (Wildman–Crippen LogP) is 4.66. The summed E-state index contributed by atoms with van der Waals surface area (Å²) in [5, 5.41) is 1.92. The maximum atomic E-state index is 13.2. The number of carbonyl (C=O) groups is 1. The minimum Gasteiger partial charge on any atom is -0.306 e. The molecular weight excluding hydrogens is 348 g/mol. The SMILES string of the molecule is Cc1ccc(N2C[C@@]3(C[C@@H](c4ccccc4)N(c4ccccc4)O3)C2=O)cc1. The molecule has 1 amide bonds. The smallest absolute Gasteiger partial charge is 0.264 e. The van der Waals surface area contributed by atoms with Crippen molar-refractivity contribution in [3.05, 3.63) is 96.1 Å². The number of amides is 1. The zero-order valence-corrected chi connectivity index (χ0v) is 15.8. The Hall–Kier alpha value is -3.11. The Balaban J connectivity index is 1.46. The molecule has 28 heavy (non-hydrogen) atoms. The first-order chi connectivity index (χ1) is 13.7. The lowest BCUT2D eigenvalue weighted by Crippen LogP contribution is -2.67. The van der Waals surface area contributed by atoms with Gasteiger partial charge in [0.2, 0.25) is 0 Å². The number of hydrogen-bond donors (Lipinski definition) is 0. The van der Waals surface area contributed by atoms with E-state index < -0.39 is 5.60 Å². The third-order valence-corrected chi connectivity index (χ3v) is 5.67. The zero-order chi connectivity index (χ0) is 19.1. The fraction of sp³-hybridized carbons (Fsp3) is 0.208. The van der Waals surface area contributed by atoms with Crippen LogP contribution in [-0.4, -0.2) is 18.1 Å². The van der Waals surface area contributed by atoms with Gasteiger partial charge in [-0.25, -0.2) is 5.06 Å². The van der Waals surface area contributed by atoms with Crippen molar-refractivity contribution in [2.45, 2.75) is 25.0 Å². The molecule has 4 heteroatoms. The second kappa shape index (κ2) is 6.50. The second-order valence-electron chi connectivity index (χ2n) is 7.60. The predicted molar refractivity (Wildman–Crippen MR) is 110 cm³/mol. The van der Waals surface area contributed by atoms with Gasteiger partial charge >= 0.3 is 0 Å². The van der Waals surface area contributed by atoms with Crippen molar-refractivity contribution in [3.8, 4) is 0 Å². The fourth-order valence-electron chi connectivity index (χ4n) is 4.12. The fourth-order valence-corrected chi connectivity index (χ4v) is 4.12. The van der Waals surface area contributed by atoms with Crippen molar-refractivity contribution in [1.29, 1.82) is 0 Å². The lowest BCUT2D eigenvalue weighted by Gasteiger charge is -2.45. The van der Waals surface area contributed by atoms with E-state index in [2.05, 4.69) is 12.1 Å². The highest BCUT2D eigenvalue weighted by Crippen LogP contribution is 2.48. The van der Waals surface area contributed by atoms with Gasteiger partial charge in [-0.2, -0.15) is 0 Å². The number of para-hydroxylation sites is 1. The van der Waals surface area contributed by atoms with Gasteiger partial charge in [-0.15, -0.1) is 0 Å². The van der Waals surface area contributed by atoms with Gasteiger partial charge in [0.05, 0.1) is 18.3 Å². The Morgan fingerprint density at radius 2 is 1.50 bits per heavy atom. The van der Waals surface area contributed by atoms with Gasteiger partial charge in [-0.3, -0.25) is 9.63 Å². The van der Waals surface area contributed by atoms with Crippen molar-refractivity contribution < 1.29 is 9.63 Å². The maximum Gasteiger partial charge on any atom is 0.264 e. The van der Waals surface area contributed by atoms with E-state index in [0.717, 1.165) is 16.9 Å². The van der Waals surface area contributed by atoms with Crippen molar-refractivity contribution in [2.75, 3.05) is 16.5 Å². The highest BCUT2D eigenvalue weighted by Gasteiger charge is 2.61. The van der Waals surface area contributed by atoms with Crippen molar-refractivity contribution in [3.63, 3.8) is 0 Å². The van der Waals surface area contributed by atoms with E-state index in [1.54, 1.807) is 0 Å². The first-order valence-electron chi connectivity index (χ1n) is 9.63. The topological polar surface area (TPSA) is 32.8 Å². The largest absolute Gasteiger partial charge is 0.306 e. The molecule has 2 fully saturated rings. The highest BCUT2D eigenvalue weighted by atomic mass is 16.7. The zero-order valence-electron chi connectivity index (χ0n) is 15.8. The summed E-state index contributed by atoms with van der Waals surface area (Å²) < 4.78 is 0. The van der Waals surface area contributed by atoms with Crippen LogP contribution in [0.2, 0.25) is 0 Å². The Kier molecular flexibility index (Phi) is 3.95. The van der Waals surface area contributed by atoms with Crippen LogP contribution in [0, 0.1) is 6.92 Å². The van der Waals surface area contributed by atoms with Crippen molar-refractivity contribution in [1.82, 2.24) is 0 Å². The number of carbonyl (C=O) groups excluding carboxylic acids is 1. The van der Waals surface area contributed by atoms with Crippen LogP contribution in [0.3, 0.4) is 0 Å². The molecule has 2 heterocycles. The number of rotatable bonds is 3. The van der Waals surface area contributed by atoms with Crippen LogP contribution >= 0.6 is 0 Å². The number of hydrogen-bond acceptors (Lipinski definition) is 3. The molecule has 0 bridgehead atoms. The molecule has 2 aliphatic rings. The molecule has 2 atom stereocenters.